The number of carbonyl (C=O) groups is 1. The number of amides is 1. The van der Waals surface area contributed by atoms with Gasteiger partial charge in [0, 0.05) is 24.4 Å². The van der Waals surface area contributed by atoms with E-state index in [0.29, 0.717) is 29.5 Å². The summed E-state index contributed by atoms with van der Waals surface area (Å²) in [7, 11) is 0. The van der Waals surface area contributed by atoms with Crippen molar-refractivity contribution in [1.29, 1.82) is 0 Å². The van der Waals surface area contributed by atoms with Crippen molar-refractivity contribution < 1.29 is 9.90 Å². The van der Waals surface area contributed by atoms with Crippen molar-refractivity contribution in [1.82, 2.24) is 15.1 Å². The van der Waals surface area contributed by atoms with Gasteiger partial charge in [-0.15, -0.1) is 0 Å². The van der Waals surface area contributed by atoms with E-state index in [9.17, 15) is 4.79 Å². The van der Waals surface area contributed by atoms with Gasteiger partial charge in [-0.3, -0.25) is 4.79 Å². The molecule has 6 heteroatoms. The lowest BCUT2D eigenvalue weighted by Crippen LogP contribution is -2.29. The molecule has 0 saturated heterocycles. The fourth-order valence-electron chi connectivity index (χ4n) is 2.48. The summed E-state index contributed by atoms with van der Waals surface area (Å²) in [5.74, 6) is 0.147. The zero-order valence-corrected chi connectivity index (χ0v) is 14.0. The highest BCUT2D eigenvalue weighted by Gasteiger charge is 2.13. The summed E-state index contributed by atoms with van der Waals surface area (Å²) < 4.78 is 1.62. The van der Waals surface area contributed by atoms with Crippen LogP contribution in [0.1, 0.15) is 36.5 Å². The van der Waals surface area contributed by atoms with Crippen LogP contribution in [0.3, 0.4) is 0 Å². The molecule has 0 spiro atoms. The molecule has 1 aromatic carbocycles. The lowest BCUT2D eigenvalue weighted by molar-refractivity contribution is 0.0943. The quantitative estimate of drug-likeness (QED) is 0.779. The summed E-state index contributed by atoms with van der Waals surface area (Å²) in [4.78, 5) is 12.2. The van der Waals surface area contributed by atoms with Gasteiger partial charge >= 0.3 is 0 Å². The molecular formula is C17H22ClN3O2. The summed E-state index contributed by atoms with van der Waals surface area (Å²) in [5, 5.41) is 16.8. The van der Waals surface area contributed by atoms with Crippen LogP contribution in [0.25, 0.3) is 5.69 Å². The third-order valence-electron chi connectivity index (χ3n) is 3.70. The van der Waals surface area contributed by atoms with Crippen molar-refractivity contribution >= 4 is 17.5 Å². The number of benzene rings is 1. The number of hydrogen-bond donors (Lipinski definition) is 2. The third-order valence-corrected chi connectivity index (χ3v) is 3.94. The second-order valence-electron chi connectivity index (χ2n) is 5.53. The number of nitrogens with one attached hydrogen (secondary N) is 1. The zero-order valence-electron chi connectivity index (χ0n) is 13.2. The number of hydrogen-bond acceptors (Lipinski definition) is 3. The fraction of sp³-hybridized carbons (Fsp3) is 0.412. The lowest BCUT2D eigenvalue weighted by Gasteiger charge is -2.15. The van der Waals surface area contributed by atoms with E-state index in [2.05, 4.69) is 17.3 Å². The standard InChI is InChI=1S/C17H22ClN3O2/c1-2-4-13(7-8-22)10-19-17(23)14-11-20-21(12-14)16-6-3-5-15(18)9-16/h3,5-6,9,11-13,22H,2,4,7-8,10H2,1H3,(H,19,23). The molecule has 1 atom stereocenters. The molecule has 0 fully saturated rings. The Labute approximate surface area is 141 Å². The van der Waals surface area contributed by atoms with Crippen LogP contribution in [0.2, 0.25) is 5.02 Å². The largest absolute Gasteiger partial charge is 0.396 e. The van der Waals surface area contributed by atoms with E-state index in [1.807, 2.05) is 12.1 Å². The average molecular weight is 336 g/mol. The first kappa shape index (κ1) is 17.5. The Kier molecular flexibility index (Phi) is 6.62. The molecule has 2 rings (SSSR count). The average Bonchev–Trinajstić information content (AvgIpc) is 3.03. The second kappa shape index (κ2) is 8.70. The smallest absolute Gasteiger partial charge is 0.254 e. The summed E-state index contributed by atoms with van der Waals surface area (Å²) in [6, 6.07) is 7.29. The van der Waals surface area contributed by atoms with Crippen molar-refractivity contribution in [2.24, 2.45) is 5.92 Å². The van der Waals surface area contributed by atoms with Crippen molar-refractivity contribution in [3.8, 4) is 5.69 Å². The van der Waals surface area contributed by atoms with Gasteiger partial charge in [0.05, 0.1) is 17.4 Å². The number of aliphatic hydroxyl groups is 1. The van der Waals surface area contributed by atoms with Gasteiger partial charge in [0.1, 0.15) is 0 Å². The number of aliphatic hydroxyl groups excluding tert-OH is 1. The molecule has 1 aromatic heterocycles. The fourth-order valence-corrected chi connectivity index (χ4v) is 2.66. The summed E-state index contributed by atoms with van der Waals surface area (Å²) >= 11 is 5.97. The van der Waals surface area contributed by atoms with Gasteiger partial charge in [-0.1, -0.05) is 31.0 Å². The monoisotopic (exact) mass is 335 g/mol. The van der Waals surface area contributed by atoms with Gasteiger partial charge in [0.15, 0.2) is 0 Å². The minimum Gasteiger partial charge on any atom is -0.396 e. The first-order valence-corrected chi connectivity index (χ1v) is 8.21. The van der Waals surface area contributed by atoms with Gasteiger partial charge in [0.2, 0.25) is 0 Å². The minimum atomic E-state index is -0.155. The number of rotatable bonds is 8. The van der Waals surface area contributed by atoms with Crippen LogP contribution >= 0.6 is 11.6 Å². The normalized spacial score (nSPS) is 12.1. The van der Waals surface area contributed by atoms with E-state index in [1.165, 1.54) is 6.20 Å². The first-order valence-electron chi connectivity index (χ1n) is 7.83. The Morgan fingerprint density at radius 2 is 2.26 bits per heavy atom. The Hall–Kier alpha value is -1.85. The van der Waals surface area contributed by atoms with E-state index in [4.69, 9.17) is 16.7 Å². The molecule has 23 heavy (non-hydrogen) atoms. The molecular weight excluding hydrogens is 314 g/mol. The maximum atomic E-state index is 12.2. The van der Waals surface area contributed by atoms with Crippen molar-refractivity contribution in [2.45, 2.75) is 26.2 Å². The Balaban J connectivity index is 1.98. The van der Waals surface area contributed by atoms with Gasteiger partial charge in [-0.25, -0.2) is 4.68 Å². The summed E-state index contributed by atoms with van der Waals surface area (Å²) in [5.41, 5.74) is 1.31. The third kappa shape index (κ3) is 5.08. The van der Waals surface area contributed by atoms with Crippen LogP contribution in [0.4, 0.5) is 0 Å². The number of aromatic nitrogens is 2. The number of halogens is 1. The van der Waals surface area contributed by atoms with Gasteiger partial charge in [-0.2, -0.15) is 5.10 Å². The molecule has 0 saturated carbocycles. The van der Waals surface area contributed by atoms with Crippen LogP contribution in [-0.2, 0) is 0 Å². The number of carbonyl (C=O) groups excluding carboxylic acids is 1. The van der Waals surface area contributed by atoms with Crippen LogP contribution in [0.15, 0.2) is 36.7 Å². The van der Waals surface area contributed by atoms with Gasteiger partial charge in [0.25, 0.3) is 5.91 Å². The minimum absolute atomic E-state index is 0.146. The molecule has 1 heterocycles. The molecule has 5 nitrogen and oxygen atoms in total. The van der Waals surface area contributed by atoms with E-state index >= 15 is 0 Å². The predicted molar refractivity (Wildman–Crippen MR) is 91.0 cm³/mol. The topological polar surface area (TPSA) is 67.2 Å². The van der Waals surface area contributed by atoms with Gasteiger partial charge in [-0.05, 0) is 37.0 Å². The van der Waals surface area contributed by atoms with E-state index in [-0.39, 0.29) is 12.5 Å². The molecule has 0 aliphatic heterocycles. The molecule has 1 amide bonds. The highest BCUT2D eigenvalue weighted by atomic mass is 35.5. The number of nitrogens with zero attached hydrogens (tertiary/aromatic N) is 2. The van der Waals surface area contributed by atoms with Crippen LogP contribution < -0.4 is 5.32 Å². The Morgan fingerprint density at radius 3 is 2.96 bits per heavy atom. The first-order chi connectivity index (χ1) is 11.1. The highest BCUT2D eigenvalue weighted by Crippen LogP contribution is 2.15. The van der Waals surface area contributed by atoms with Crippen molar-refractivity contribution in [3.05, 3.63) is 47.2 Å². The molecule has 0 aliphatic carbocycles. The zero-order chi connectivity index (χ0) is 16.7. The van der Waals surface area contributed by atoms with Crippen molar-refractivity contribution in [3.63, 3.8) is 0 Å². The molecule has 0 radical (unpaired) electrons. The van der Waals surface area contributed by atoms with Gasteiger partial charge < -0.3 is 10.4 Å². The SMILES string of the molecule is CCCC(CCO)CNC(=O)c1cnn(-c2cccc(Cl)c2)c1. The van der Waals surface area contributed by atoms with E-state index in [0.717, 1.165) is 18.5 Å². The summed E-state index contributed by atoms with van der Waals surface area (Å²) in [6.07, 6.45) is 5.95. The molecule has 2 N–H and O–H groups in total. The van der Waals surface area contributed by atoms with Crippen LogP contribution in [-0.4, -0.2) is 33.9 Å². The molecule has 1 unspecified atom stereocenters. The van der Waals surface area contributed by atoms with Crippen LogP contribution in [0.5, 0.6) is 0 Å². The lowest BCUT2D eigenvalue weighted by atomic mass is 10.0. The second-order valence-corrected chi connectivity index (χ2v) is 5.97. The Bertz CT molecular complexity index is 636. The molecule has 2 aromatic rings. The Morgan fingerprint density at radius 1 is 1.43 bits per heavy atom. The van der Waals surface area contributed by atoms with Crippen LogP contribution in [0, 0.1) is 5.92 Å². The molecule has 0 aliphatic rings. The summed E-state index contributed by atoms with van der Waals surface area (Å²) in [6.45, 7) is 2.81. The predicted octanol–water partition coefficient (Wildman–Crippen LogP) is 3.05. The van der Waals surface area contributed by atoms with Crippen molar-refractivity contribution in [2.75, 3.05) is 13.2 Å². The maximum Gasteiger partial charge on any atom is 0.254 e. The highest BCUT2D eigenvalue weighted by molar-refractivity contribution is 6.30. The maximum absolute atomic E-state index is 12.2. The molecule has 124 valence electrons. The van der Waals surface area contributed by atoms with E-state index < -0.39 is 0 Å². The molecule has 0 bridgehead atoms. The van der Waals surface area contributed by atoms with E-state index in [1.54, 1.807) is 23.0 Å².